The molecule has 0 aromatic carbocycles. The number of rotatable bonds is 1. The van der Waals surface area contributed by atoms with Gasteiger partial charge in [-0.05, 0) is 0 Å². The van der Waals surface area contributed by atoms with E-state index in [0.29, 0.717) is 4.32 Å². The summed E-state index contributed by atoms with van der Waals surface area (Å²) in [5.41, 5.74) is 0. The summed E-state index contributed by atoms with van der Waals surface area (Å²) >= 11 is 5.85. The van der Waals surface area contributed by atoms with Gasteiger partial charge in [0.05, 0.1) is 6.61 Å². The molecule has 50 valence electrons. The van der Waals surface area contributed by atoms with E-state index in [0.717, 1.165) is 0 Å². The van der Waals surface area contributed by atoms with Crippen molar-refractivity contribution in [3.05, 3.63) is 0 Å². The fourth-order valence-electron chi connectivity index (χ4n) is 0.513. The first-order valence-corrected chi connectivity index (χ1v) is 3.65. The number of hydrogen-bond acceptors (Lipinski definition) is 4. The molecule has 0 aromatic rings. The summed E-state index contributed by atoms with van der Waals surface area (Å²) in [6.45, 7) is -0.142. The van der Waals surface area contributed by atoms with E-state index in [2.05, 4.69) is 17.5 Å². The predicted octanol–water partition coefficient (Wildman–Crippen LogP) is -0.505. The van der Waals surface area contributed by atoms with E-state index in [-0.39, 0.29) is 17.8 Å². The summed E-state index contributed by atoms with van der Waals surface area (Å²) in [5.74, 6) is -0.187. The zero-order valence-electron chi connectivity index (χ0n) is 4.46. The molecule has 1 rings (SSSR count). The average molecular weight is 163 g/mol. The fourth-order valence-corrected chi connectivity index (χ4v) is 1.62. The van der Waals surface area contributed by atoms with E-state index in [1.807, 2.05) is 0 Å². The molecule has 5 heteroatoms. The average Bonchev–Trinajstić information content (AvgIpc) is 2.10. The number of thiocarbonyl (C=S) groups is 1. The smallest absolute Gasteiger partial charge is 0.241 e. The predicted molar refractivity (Wildman–Crippen MR) is 39.2 cm³/mol. The normalized spacial score (nSPS) is 26.6. The van der Waals surface area contributed by atoms with Crippen molar-refractivity contribution in [3.63, 3.8) is 0 Å². The van der Waals surface area contributed by atoms with E-state index in [4.69, 9.17) is 5.11 Å². The van der Waals surface area contributed by atoms with Gasteiger partial charge in [-0.2, -0.15) is 0 Å². The summed E-state index contributed by atoms with van der Waals surface area (Å²) in [6.07, 6.45) is 0. The lowest BCUT2D eigenvalue weighted by atomic mass is 10.4. The van der Waals surface area contributed by atoms with Crippen molar-refractivity contribution in [1.29, 1.82) is 0 Å². The second-order valence-corrected chi connectivity index (χ2v) is 3.45. The molecule has 1 amide bonds. The number of carbonyl (C=O) groups excluding carboxylic acids is 1. The molecule has 1 heterocycles. The van der Waals surface area contributed by atoms with Gasteiger partial charge in [0.1, 0.15) is 9.57 Å². The second kappa shape index (κ2) is 2.64. The van der Waals surface area contributed by atoms with Gasteiger partial charge in [0.15, 0.2) is 0 Å². The Morgan fingerprint density at radius 1 is 1.89 bits per heavy atom. The Bertz CT molecular complexity index is 159. The number of carbonyl (C=O) groups is 1. The van der Waals surface area contributed by atoms with Crippen LogP contribution in [-0.4, -0.2) is 27.2 Å². The van der Waals surface area contributed by atoms with Crippen LogP contribution in [0.15, 0.2) is 0 Å². The van der Waals surface area contributed by atoms with Crippen molar-refractivity contribution in [2.24, 2.45) is 0 Å². The first-order chi connectivity index (χ1) is 4.24. The van der Waals surface area contributed by atoms with E-state index in [9.17, 15) is 4.79 Å². The maximum Gasteiger partial charge on any atom is 0.241 e. The van der Waals surface area contributed by atoms with Crippen LogP contribution in [0.4, 0.5) is 0 Å². The molecule has 1 aliphatic heterocycles. The van der Waals surface area contributed by atoms with Crippen LogP contribution in [0.2, 0.25) is 0 Å². The van der Waals surface area contributed by atoms with Crippen molar-refractivity contribution >= 4 is 34.2 Å². The van der Waals surface area contributed by atoms with Crippen molar-refractivity contribution in [1.82, 2.24) is 5.32 Å². The molecule has 3 nitrogen and oxygen atoms in total. The molecule has 0 spiro atoms. The highest BCUT2D eigenvalue weighted by atomic mass is 32.2. The van der Waals surface area contributed by atoms with Crippen LogP contribution in [0, 0.1) is 0 Å². The van der Waals surface area contributed by atoms with Crippen LogP contribution in [0.25, 0.3) is 0 Å². The van der Waals surface area contributed by atoms with E-state index < -0.39 is 0 Å². The topological polar surface area (TPSA) is 49.3 Å². The van der Waals surface area contributed by atoms with Gasteiger partial charge in [-0.25, -0.2) is 0 Å². The zero-order valence-corrected chi connectivity index (χ0v) is 6.09. The Kier molecular flexibility index (Phi) is 2.05. The number of hydrogen-bond donors (Lipinski definition) is 2. The van der Waals surface area contributed by atoms with Crippen LogP contribution in [0.3, 0.4) is 0 Å². The monoisotopic (exact) mass is 163 g/mol. The third-order valence-electron chi connectivity index (χ3n) is 0.933. The lowest BCUT2D eigenvalue weighted by Crippen LogP contribution is -2.25. The first-order valence-electron chi connectivity index (χ1n) is 2.36. The zero-order chi connectivity index (χ0) is 6.85. The molecule has 0 saturated carbocycles. The fraction of sp³-hybridized carbons (Fsp3) is 0.500. The highest BCUT2D eigenvalue weighted by Gasteiger charge is 2.27. The minimum absolute atomic E-state index is 0.142. The van der Waals surface area contributed by atoms with Gasteiger partial charge in [-0.15, -0.1) is 0 Å². The SMILES string of the molecule is O=C1NC(=S)SC1CO. The van der Waals surface area contributed by atoms with Gasteiger partial charge >= 0.3 is 0 Å². The van der Waals surface area contributed by atoms with Crippen molar-refractivity contribution < 1.29 is 9.90 Å². The molecule has 1 atom stereocenters. The summed E-state index contributed by atoms with van der Waals surface area (Å²) in [7, 11) is 0. The Balaban J connectivity index is 2.58. The van der Waals surface area contributed by atoms with Gasteiger partial charge in [-0.1, -0.05) is 24.0 Å². The van der Waals surface area contributed by atoms with E-state index in [1.54, 1.807) is 0 Å². The van der Waals surface area contributed by atoms with Crippen LogP contribution in [0.1, 0.15) is 0 Å². The lowest BCUT2D eigenvalue weighted by molar-refractivity contribution is -0.119. The minimum Gasteiger partial charge on any atom is -0.395 e. The largest absolute Gasteiger partial charge is 0.395 e. The molecule has 1 aliphatic rings. The molecule has 0 bridgehead atoms. The molecular formula is C4H5NO2S2. The van der Waals surface area contributed by atoms with Crippen molar-refractivity contribution in [2.75, 3.05) is 6.61 Å². The van der Waals surface area contributed by atoms with Gasteiger partial charge in [0, 0.05) is 0 Å². The molecule has 1 fully saturated rings. The molecule has 1 unspecified atom stereocenters. The molecule has 0 aromatic heterocycles. The molecular weight excluding hydrogens is 158 g/mol. The van der Waals surface area contributed by atoms with E-state index in [1.165, 1.54) is 11.8 Å². The summed E-state index contributed by atoms with van der Waals surface area (Å²) in [6, 6.07) is 0. The van der Waals surface area contributed by atoms with Gasteiger partial charge < -0.3 is 10.4 Å². The van der Waals surface area contributed by atoms with Crippen molar-refractivity contribution in [3.8, 4) is 0 Å². The van der Waals surface area contributed by atoms with Crippen molar-refractivity contribution in [2.45, 2.75) is 5.25 Å². The third kappa shape index (κ3) is 1.41. The molecule has 0 radical (unpaired) electrons. The van der Waals surface area contributed by atoms with Crippen LogP contribution in [-0.2, 0) is 4.79 Å². The maximum absolute atomic E-state index is 10.6. The number of aliphatic hydroxyl groups excluding tert-OH is 1. The Labute approximate surface area is 61.8 Å². The van der Waals surface area contributed by atoms with E-state index >= 15 is 0 Å². The molecule has 0 aliphatic carbocycles. The minimum atomic E-state index is -0.377. The quantitative estimate of drug-likeness (QED) is 0.511. The second-order valence-electron chi connectivity index (χ2n) is 1.57. The summed E-state index contributed by atoms with van der Waals surface area (Å²) in [4.78, 5) is 10.6. The first kappa shape index (κ1) is 6.98. The molecule has 9 heavy (non-hydrogen) atoms. The highest BCUT2D eigenvalue weighted by molar-refractivity contribution is 8.24. The maximum atomic E-state index is 10.6. The van der Waals surface area contributed by atoms with Crippen LogP contribution >= 0.6 is 24.0 Å². The van der Waals surface area contributed by atoms with Gasteiger partial charge in [-0.3, -0.25) is 4.79 Å². The summed E-state index contributed by atoms with van der Waals surface area (Å²) < 4.78 is 0.457. The van der Waals surface area contributed by atoms with Crippen LogP contribution < -0.4 is 5.32 Å². The molecule has 2 N–H and O–H groups in total. The Morgan fingerprint density at radius 2 is 2.56 bits per heavy atom. The lowest BCUT2D eigenvalue weighted by Gasteiger charge is -1.95. The van der Waals surface area contributed by atoms with Gasteiger partial charge in [0.2, 0.25) is 5.91 Å². The standard InChI is InChI=1S/C4H5NO2S2/c6-1-2-3(7)5-4(8)9-2/h2,6H,1H2,(H,5,7,8). The third-order valence-corrected chi connectivity index (χ3v) is 2.29. The molecule has 1 saturated heterocycles. The number of aliphatic hydroxyl groups is 1. The Morgan fingerprint density at radius 3 is 2.78 bits per heavy atom. The summed E-state index contributed by atoms with van der Waals surface area (Å²) in [5, 5.41) is 10.5. The number of thioether (sulfide) groups is 1. The van der Waals surface area contributed by atoms with Gasteiger partial charge in [0.25, 0.3) is 0 Å². The Hall–Kier alpha value is -0.130. The number of nitrogens with one attached hydrogen (secondary N) is 1. The van der Waals surface area contributed by atoms with Crippen LogP contribution in [0.5, 0.6) is 0 Å². The highest BCUT2D eigenvalue weighted by Crippen LogP contribution is 2.17. The number of amides is 1.